The van der Waals surface area contributed by atoms with E-state index in [1.807, 2.05) is 6.92 Å². The predicted molar refractivity (Wildman–Crippen MR) is 94.6 cm³/mol. The molecule has 3 rings (SSSR count). The van der Waals surface area contributed by atoms with E-state index in [2.05, 4.69) is 4.98 Å². The number of benzene rings is 1. The van der Waals surface area contributed by atoms with Crippen LogP contribution in [-0.4, -0.2) is 29.8 Å². The molecule has 0 bridgehead atoms. The number of aromatic nitrogens is 1. The molecular weight excluding hydrogens is 343 g/mol. The van der Waals surface area contributed by atoms with Gasteiger partial charge in [-0.05, 0) is 31.2 Å². The molecule has 0 spiro atoms. The van der Waals surface area contributed by atoms with Crippen LogP contribution < -0.4 is 9.64 Å². The summed E-state index contributed by atoms with van der Waals surface area (Å²) in [6.45, 7) is 4.22. The van der Waals surface area contributed by atoms with Gasteiger partial charge in [0.2, 0.25) is 5.91 Å². The molecular formula is C18H17FN2O3S. The van der Waals surface area contributed by atoms with E-state index < -0.39 is 5.82 Å². The molecule has 130 valence electrons. The number of thiazole rings is 1. The summed E-state index contributed by atoms with van der Waals surface area (Å²) in [6, 6.07) is 3.94. The first kappa shape index (κ1) is 17.3. The lowest BCUT2D eigenvalue weighted by Gasteiger charge is -2.14. The molecule has 2 aromatic rings. The number of hydrogen-bond acceptors (Lipinski definition) is 5. The molecule has 0 unspecified atom stereocenters. The van der Waals surface area contributed by atoms with Crippen LogP contribution in [-0.2, 0) is 4.79 Å². The molecule has 1 aliphatic heterocycles. The van der Waals surface area contributed by atoms with Gasteiger partial charge in [0.05, 0.1) is 17.9 Å². The van der Waals surface area contributed by atoms with Crippen LogP contribution in [0, 0.1) is 5.82 Å². The molecule has 5 nitrogen and oxygen atoms in total. The number of fused-ring (bicyclic) bond motifs is 1. The van der Waals surface area contributed by atoms with Gasteiger partial charge in [0.15, 0.2) is 10.9 Å². The Morgan fingerprint density at radius 3 is 3.00 bits per heavy atom. The van der Waals surface area contributed by atoms with Gasteiger partial charge in [-0.3, -0.25) is 14.5 Å². The van der Waals surface area contributed by atoms with Crippen LogP contribution in [0.5, 0.6) is 5.75 Å². The van der Waals surface area contributed by atoms with Crippen LogP contribution >= 0.6 is 11.3 Å². The zero-order valence-electron chi connectivity index (χ0n) is 13.9. The topological polar surface area (TPSA) is 59.5 Å². The molecule has 0 saturated heterocycles. The smallest absolute Gasteiger partial charge is 0.225 e. The highest BCUT2D eigenvalue weighted by molar-refractivity contribution is 7.14. The lowest BCUT2D eigenvalue weighted by molar-refractivity contribution is -0.116. The van der Waals surface area contributed by atoms with Crippen molar-refractivity contribution >= 4 is 34.2 Å². The molecule has 7 heteroatoms. The van der Waals surface area contributed by atoms with Crippen molar-refractivity contribution in [1.29, 1.82) is 0 Å². The van der Waals surface area contributed by atoms with Crippen molar-refractivity contribution in [3.63, 3.8) is 0 Å². The Kier molecular flexibility index (Phi) is 4.94. The molecule has 1 aromatic carbocycles. The van der Waals surface area contributed by atoms with E-state index in [0.29, 0.717) is 41.7 Å². The van der Waals surface area contributed by atoms with Crippen molar-refractivity contribution < 1.29 is 18.7 Å². The Labute approximate surface area is 148 Å². The Hall–Kier alpha value is -2.54. The number of halogens is 1. The number of ketones is 1. The average molecular weight is 360 g/mol. The molecule has 0 aliphatic carbocycles. The molecule has 0 fully saturated rings. The van der Waals surface area contributed by atoms with Gasteiger partial charge < -0.3 is 4.74 Å². The van der Waals surface area contributed by atoms with Crippen molar-refractivity contribution in [2.75, 3.05) is 18.1 Å². The van der Waals surface area contributed by atoms with Gasteiger partial charge in [-0.25, -0.2) is 9.37 Å². The fourth-order valence-corrected chi connectivity index (χ4v) is 3.53. The van der Waals surface area contributed by atoms with E-state index >= 15 is 0 Å². The zero-order chi connectivity index (χ0) is 18.0. The second-order valence-electron chi connectivity index (χ2n) is 5.56. The Bertz CT molecular complexity index is 860. The van der Waals surface area contributed by atoms with E-state index in [1.165, 1.54) is 36.5 Å². The molecule has 25 heavy (non-hydrogen) atoms. The molecule has 1 amide bonds. The van der Waals surface area contributed by atoms with Gasteiger partial charge in [0.1, 0.15) is 11.6 Å². The van der Waals surface area contributed by atoms with E-state index in [-0.39, 0.29) is 17.3 Å². The van der Waals surface area contributed by atoms with Crippen LogP contribution in [0.3, 0.4) is 0 Å². The van der Waals surface area contributed by atoms with Gasteiger partial charge in [0.25, 0.3) is 0 Å². The van der Waals surface area contributed by atoms with Crippen molar-refractivity contribution in [2.45, 2.75) is 20.3 Å². The number of hydrogen-bond donors (Lipinski definition) is 0. The number of carbonyl (C=O) groups excluding carboxylic acids is 2. The number of amides is 1. The minimum absolute atomic E-state index is 0.0839. The molecule has 0 radical (unpaired) electrons. The Balaban J connectivity index is 1.92. The van der Waals surface area contributed by atoms with Crippen molar-refractivity contribution in [3.8, 4) is 5.75 Å². The quantitative estimate of drug-likeness (QED) is 0.783. The predicted octanol–water partition coefficient (Wildman–Crippen LogP) is 3.70. The van der Waals surface area contributed by atoms with Crippen LogP contribution in [0.1, 0.15) is 36.3 Å². The SMILES string of the molecule is CCN(C(C)=O)c1nc(/C=C2/CCOc3ccc(F)cc3C2=O)cs1. The van der Waals surface area contributed by atoms with Crippen LogP contribution in [0.4, 0.5) is 9.52 Å². The number of ether oxygens (including phenoxy) is 1. The summed E-state index contributed by atoms with van der Waals surface area (Å²) in [5.74, 6) is -0.435. The van der Waals surface area contributed by atoms with E-state index in [4.69, 9.17) is 4.74 Å². The normalized spacial score (nSPS) is 15.5. The maximum atomic E-state index is 13.5. The second-order valence-corrected chi connectivity index (χ2v) is 6.39. The number of anilines is 1. The summed E-state index contributed by atoms with van der Waals surface area (Å²) < 4.78 is 19.0. The maximum Gasteiger partial charge on any atom is 0.225 e. The molecule has 0 atom stereocenters. The van der Waals surface area contributed by atoms with Crippen molar-refractivity contribution in [1.82, 2.24) is 4.98 Å². The summed E-state index contributed by atoms with van der Waals surface area (Å²) in [7, 11) is 0. The highest BCUT2D eigenvalue weighted by atomic mass is 32.1. The van der Waals surface area contributed by atoms with Gasteiger partial charge in [-0.2, -0.15) is 0 Å². The minimum Gasteiger partial charge on any atom is -0.492 e. The third kappa shape index (κ3) is 3.61. The molecule has 0 N–H and O–H groups in total. The first-order valence-corrected chi connectivity index (χ1v) is 8.78. The first-order valence-electron chi connectivity index (χ1n) is 7.91. The van der Waals surface area contributed by atoms with E-state index in [9.17, 15) is 14.0 Å². The average Bonchev–Trinajstić information content (AvgIpc) is 2.97. The maximum absolute atomic E-state index is 13.5. The van der Waals surface area contributed by atoms with Gasteiger partial charge in [-0.15, -0.1) is 11.3 Å². The standard InChI is InChI=1S/C18H17FN2O3S/c1-3-21(11(2)22)18-20-14(10-25-18)8-12-6-7-24-16-5-4-13(19)9-15(16)17(12)23/h4-5,8-10H,3,6-7H2,1-2H3/b12-8-. The molecule has 1 aromatic heterocycles. The Morgan fingerprint density at radius 1 is 1.48 bits per heavy atom. The zero-order valence-corrected chi connectivity index (χ0v) is 14.7. The van der Waals surface area contributed by atoms with Crippen molar-refractivity contribution in [2.24, 2.45) is 0 Å². The monoisotopic (exact) mass is 360 g/mol. The highest BCUT2D eigenvalue weighted by Gasteiger charge is 2.22. The lowest BCUT2D eigenvalue weighted by Crippen LogP contribution is -2.27. The number of Topliss-reactive ketones (excluding diaryl/α,β-unsaturated/α-hetero) is 1. The highest BCUT2D eigenvalue weighted by Crippen LogP contribution is 2.29. The molecule has 0 saturated carbocycles. The summed E-state index contributed by atoms with van der Waals surface area (Å²) in [5.41, 5.74) is 1.33. The second kappa shape index (κ2) is 7.14. The van der Waals surface area contributed by atoms with E-state index in [1.54, 1.807) is 16.4 Å². The fourth-order valence-electron chi connectivity index (χ4n) is 2.64. The van der Waals surface area contributed by atoms with Crippen LogP contribution in [0.25, 0.3) is 6.08 Å². The Morgan fingerprint density at radius 2 is 2.28 bits per heavy atom. The lowest BCUT2D eigenvalue weighted by atomic mass is 10.0. The summed E-state index contributed by atoms with van der Waals surface area (Å²) >= 11 is 1.34. The minimum atomic E-state index is -0.479. The molecule has 2 heterocycles. The van der Waals surface area contributed by atoms with Crippen LogP contribution in [0.15, 0.2) is 29.2 Å². The summed E-state index contributed by atoms with van der Waals surface area (Å²) in [4.78, 5) is 30.3. The van der Waals surface area contributed by atoms with Gasteiger partial charge >= 0.3 is 0 Å². The summed E-state index contributed by atoms with van der Waals surface area (Å²) in [5, 5.41) is 2.38. The third-order valence-corrected chi connectivity index (χ3v) is 4.75. The van der Waals surface area contributed by atoms with Gasteiger partial charge in [-0.1, -0.05) is 0 Å². The van der Waals surface area contributed by atoms with Gasteiger partial charge in [0, 0.05) is 30.8 Å². The number of carbonyl (C=O) groups is 2. The van der Waals surface area contributed by atoms with Crippen LogP contribution in [0.2, 0.25) is 0 Å². The molecule has 1 aliphatic rings. The van der Waals surface area contributed by atoms with Crippen molar-refractivity contribution in [3.05, 3.63) is 46.2 Å². The largest absolute Gasteiger partial charge is 0.492 e. The number of nitrogens with zero attached hydrogens (tertiary/aromatic N) is 2. The summed E-state index contributed by atoms with van der Waals surface area (Å²) in [6.07, 6.45) is 2.09. The number of rotatable bonds is 3. The third-order valence-electron chi connectivity index (χ3n) is 3.87. The fraction of sp³-hybridized carbons (Fsp3) is 0.278. The van der Waals surface area contributed by atoms with E-state index in [0.717, 1.165) is 0 Å². The first-order chi connectivity index (χ1) is 12.0.